The molecule has 0 aromatic heterocycles. The van der Waals surface area contributed by atoms with Crippen LogP contribution in [0, 0.1) is 23.7 Å². The van der Waals surface area contributed by atoms with Gasteiger partial charge >= 0.3 is 41.8 Å². The second-order valence-corrected chi connectivity index (χ2v) is 23.2. The van der Waals surface area contributed by atoms with Gasteiger partial charge in [-0.2, -0.15) is 0 Å². The molecule has 0 aromatic carbocycles. The van der Waals surface area contributed by atoms with Crippen molar-refractivity contribution < 1.29 is 71.5 Å². The predicted octanol–water partition coefficient (Wildman–Crippen LogP) is 12.8. The standard InChI is InChI=1S/C64H114N2O15/c1-10-15-20-24-33-50(6)59(70)75-46-54(47-76-60(71)51(7)34-25-21-16-11-2)79-56(67)37-30-40-64(63(74)65-42-19-14-5,81-58(69)39-32-45-66-43-28-29-44-66)41-31-38-57(68)80-55(48-77-61(72)52(8)35-26-22-17-12-3)49-78-62(73)53(9)36-27-23-18-13-4/h50-55H,10-49H2,1-9H3,(H,65,74). The van der Waals surface area contributed by atoms with Crippen molar-refractivity contribution in [1.82, 2.24) is 10.2 Å². The maximum atomic E-state index is 14.5. The Bertz CT molecular complexity index is 1580. The molecule has 0 saturated carbocycles. The van der Waals surface area contributed by atoms with Crippen LogP contribution in [0.1, 0.15) is 268 Å². The van der Waals surface area contributed by atoms with Gasteiger partial charge in [-0.1, -0.05) is 171 Å². The molecule has 4 unspecified atom stereocenters. The van der Waals surface area contributed by atoms with E-state index in [1.807, 2.05) is 6.92 Å². The molecule has 1 aliphatic rings. The normalized spacial score (nSPS) is 15.5. The molecular weight excluding hydrogens is 1040 g/mol. The maximum Gasteiger partial charge on any atom is 0.308 e. The van der Waals surface area contributed by atoms with Gasteiger partial charge in [0.25, 0.3) is 5.91 Å². The number of carbonyl (C=O) groups excluding carboxylic acids is 8. The molecule has 81 heavy (non-hydrogen) atoms. The third-order valence-electron chi connectivity index (χ3n) is 15.3. The van der Waals surface area contributed by atoms with Crippen LogP contribution >= 0.6 is 0 Å². The van der Waals surface area contributed by atoms with Crippen molar-refractivity contribution in [3.05, 3.63) is 0 Å². The smallest absolute Gasteiger partial charge is 0.308 e. The van der Waals surface area contributed by atoms with Crippen molar-refractivity contribution >= 4 is 47.7 Å². The highest BCUT2D eigenvalue weighted by atomic mass is 16.6. The van der Waals surface area contributed by atoms with Crippen LogP contribution in [0.5, 0.6) is 0 Å². The van der Waals surface area contributed by atoms with Crippen molar-refractivity contribution in [2.75, 3.05) is 52.6 Å². The topological polar surface area (TPSA) is 216 Å². The summed E-state index contributed by atoms with van der Waals surface area (Å²) in [5.41, 5.74) is -1.80. The fraction of sp³-hybridized carbons (Fsp3) is 0.875. The molecule has 17 nitrogen and oxygen atoms in total. The number of esters is 7. The molecule has 1 saturated heterocycles. The van der Waals surface area contributed by atoms with Crippen LogP contribution in [-0.2, 0) is 71.5 Å². The minimum atomic E-state index is -1.80. The number of hydrogen-bond acceptors (Lipinski definition) is 16. The summed E-state index contributed by atoms with van der Waals surface area (Å²) in [6.45, 7) is 19.3. The summed E-state index contributed by atoms with van der Waals surface area (Å²) in [5.74, 6) is -5.80. The highest BCUT2D eigenvalue weighted by molar-refractivity contribution is 5.88. The van der Waals surface area contributed by atoms with Crippen molar-refractivity contribution in [3.8, 4) is 0 Å². The number of hydrogen-bond donors (Lipinski definition) is 1. The van der Waals surface area contributed by atoms with Gasteiger partial charge in [0, 0.05) is 25.8 Å². The van der Waals surface area contributed by atoms with Crippen LogP contribution in [0.3, 0.4) is 0 Å². The summed E-state index contributed by atoms with van der Waals surface area (Å²) in [6, 6.07) is 0. The highest BCUT2D eigenvalue weighted by Crippen LogP contribution is 2.29. The van der Waals surface area contributed by atoms with Gasteiger partial charge in [-0.15, -0.1) is 0 Å². The SMILES string of the molecule is CCCCCCC(C)C(=O)OCC(COC(=O)C(C)CCCCCC)OC(=O)CCCC(CCCC(=O)OC(COC(=O)C(C)CCCCCC)COC(=O)C(C)CCCCCC)(OC(=O)CCCN1CCCC1)C(=O)NCCCC. The zero-order valence-corrected chi connectivity index (χ0v) is 52.3. The van der Waals surface area contributed by atoms with E-state index in [0.29, 0.717) is 51.6 Å². The van der Waals surface area contributed by atoms with Crippen molar-refractivity contribution in [2.45, 2.75) is 286 Å². The number of ether oxygens (including phenoxy) is 7. The molecule has 1 amide bonds. The molecule has 1 N–H and O–H groups in total. The Balaban J connectivity index is 3.39. The number of likely N-dealkylation sites (tertiary alicyclic amines) is 1. The monoisotopic (exact) mass is 1150 g/mol. The molecule has 0 bridgehead atoms. The van der Waals surface area contributed by atoms with Gasteiger partial charge in [-0.3, -0.25) is 38.4 Å². The summed E-state index contributed by atoms with van der Waals surface area (Å²) in [6.07, 6.45) is 20.1. The third-order valence-corrected chi connectivity index (χ3v) is 15.3. The fourth-order valence-corrected chi connectivity index (χ4v) is 9.77. The summed E-state index contributed by atoms with van der Waals surface area (Å²) >= 11 is 0. The Hall–Kier alpha value is -4.28. The first-order valence-electron chi connectivity index (χ1n) is 32.2. The molecule has 0 radical (unpaired) electrons. The van der Waals surface area contributed by atoms with Crippen LogP contribution in [0.2, 0.25) is 0 Å². The number of unbranched alkanes of at least 4 members (excludes halogenated alkanes) is 13. The van der Waals surface area contributed by atoms with Crippen molar-refractivity contribution in [2.24, 2.45) is 23.7 Å². The minimum Gasteiger partial charge on any atom is -0.461 e. The number of nitrogens with one attached hydrogen (secondary N) is 1. The molecule has 1 aliphatic heterocycles. The van der Waals surface area contributed by atoms with E-state index in [1.165, 1.54) is 0 Å². The lowest BCUT2D eigenvalue weighted by molar-refractivity contribution is -0.173. The predicted molar refractivity (Wildman–Crippen MR) is 315 cm³/mol. The molecule has 1 fully saturated rings. The van der Waals surface area contributed by atoms with Gasteiger partial charge < -0.3 is 43.4 Å². The van der Waals surface area contributed by atoms with Gasteiger partial charge in [0.2, 0.25) is 0 Å². The Morgan fingerprint density at radius 2 is 0.753 bits per heavy atom. The van der Waals surface area contributed by atoms with E-state index >= 15 is 0 Å². The maximum absolute atomic E-state index is 14.5. The van der Waals surface area contributed by atoms with E-state index in [2.05, 4.69) is 37.9 Å². The minimum absolute atomic E-state index is 0.0221. The Kier molecular flexibility index (Phi) is 43.5. The first-order chi connectivity index (χ1) is 38.9. The molecule has 1 rings (SSSR count). The highest BCUT2D eigenvalue weighted by Gasteiger charge is 2.42. The molecule has 0 aliphatic carbocycles. The second-order valence-electron chi connectivity index (χ2n) is 23.2. The molecule has 470 valence electrons. The number of nitrogens with zero attached hydrogens (tertiary/aromatic N) is 1. The number of amides is 1. The zero-order chi connectivity index (χ0) is 60.1. The summed E-state index contributed by atoms with van der Waals surface area (Å²) in [7, 11) is 0. The Morgan fingerprint density at radius 3 is 1.09 bits per heavy atom. The summed E-state index contributed by atoms with van der Waals surface area (Å²) < 4.78 is 40.5. The Labute approximate surface area is 489 Å². The number of carbonyl (C=O) groups is 8. The van der Waals surface area contributed by atoms with Crippen LogP contribution in [0.4, 0.5) is 0 Å². The Morgan fingerprint density at radius 1 is 0.420 bits per heavy atom. The van der Waals surface area contributed by atoms with Gasteiger partial charge in [0.1, 0.15) is 26.4 Å². The van der Waals surface area contributed by atoms with Crippen LogP contribution < -0.4 is 5.32 Å². The van der Waals surface area contributed by atoms with E-state index in [-0.39, 0.29) is 95.0 Å². The van der Waals surface area contributed by atoms with Gasteiger partial charge in [0.15, 0.2) is 17.8 Å². The van der Waals surface area contributed by atoms with Gasteiger partial charge in [0.05, 0.1) is 23.7 Å². The molecular formula is C64H114N2O15. The molecule has 4 atom stereocenters. The first kappa shape index (κ1) is 74.7. The van der Waals surface area contributed by atoms with E-state index in [0.717, 1.165) is 135 Å². The molecule has 1 heterocycles. The van der Waals surface area contributed by atoms with Crippen LogP contribution in [0.15, 0.2) is 0 Å². The van der Waals surface area contributed by atoms with Gasteiger partial charge in [-0.05, 0) is 96.7 Å². The second kappa shape index (κ2) is 47.1. The van der Waals surface area contributed by atoms with Crippen molar-refractivity contribution in [3.63, 3.8) is 0 Å². The van der Waals surface area contributed by atoms with E-state index in [9.17, 15) is 38.4 Å². The van der Waals surface area contributed by atoms with E-state index in [1.54, 1.807) is 27.7 Å². The fourth-order valence-electron chi connectivity index (χ4n) is 9.77. The molecule has 17 heteroatoms. The van der Waals surface area contributed by atoms with Crippen molar-refractivity contribution in [1.29, 1.82) is 0 Å². The third kappa shape index (κ3) is 36.1. The summed E-state index contributed by atoms with van der Waals surface area (Å²) in [4.78, 5) is 110. The van der Waals surface area contributed by atoms with E-state index < -0.39 is 65.5 Å². The lowest BCUT2D eigenvalue weighted by atomic mass is 9.89. The lowest BCUT2D eigenvalue weighted by Crippen LogP contribution is -2.50. The summed E-state index contributed by atoms with van der Waals surface area (Å²) in [5, 5.41) is 2.94. The molecule has 0 aromatic rings. The zero-order valence-electron chi connectivity index (χ0n) is 52.3. The quantitative estimate of drug-likeness (QED) is 0.0340. The first-order valence-corrected chi connectivity index (χ1v) is 32.2. The van der Waals surface area contributed by atoms with Gasteiger partial charge in [-0.25, -0.2) is 0 Å². The average Bonchev–Trinajstić information content (AvgIpc) is 3.98. The largest absolute Gasteiger partial charge is 0.461 e. The van der Waals surface area contributed by atoms with E-state index in [4.69, 9.17) is 33.2 Å². The number of rotatable bonds is 51. The lowest BCUT2D eigenvalue weighted by Gasteiger charge is -2.33. The van der Waals surface area contributed by atoms with Crippen LogP contribution in [0.25, 0.3) is 0 Å². The average molecular weight is 1150 g/mol. The van der Waals surface area contributed by atoms with Crippen LogP contribution in [-0.4, -0.2) is 123 Å². The molecule has 0 spiro atoms.